The second-order valence-electron chi connectivity index (χ2n) is 4.43. The van der Waals surface area contributed by atoms with Gasteiger partial charge < -0.3 is 32.9 Å². The number of hydrogen-bond acceptors (Lipinski definition) is 10. The molecule has 0 aliphatic carbocycles. The lowest BCUT2D eigenvalue weighted by Gasteiger charge is -1.89. The monoisotopic (exact) mass is 485 g/mol. The Morgan fingerprint density at radius 1 is 1.09 bits per heavy atom. The second-order valence-corrected chi connectivity index (χ2v) is 4.43. The second kappa shape index (κ2) is 24.0. The minimum Gasteiger partial charge on any atom is -0.475 e. The molecule has 0 fully saturated rings. The smallest absolute Gasteiger partial charge is 0.373 e. The van der Waals surface area contributed by atoms with Crippen LogP contribution in [0.4, 0.5) is 13.8 Å². The molecular weight excluding hydrogens is 461 g/mol. The number of rotatable bonds is 5. The number of aldehydes is 1. The molecule has 11 nitrogen and oxygen atoms in total. The molecule has 0 radical (unpaired) electrons. The molecule has 0 spiro atoms. The minimum absolute atomic E-state index is 0. The third-order valence-corrected chi connectivity index (χ3v) is 2.65. The number of halogens is 3. The fourth-order valence-corrected chi connectivity index (χ4v) is 1.46. The molecule has 3 aromatic heterocycles. The Morgan fingerprint density at radius 2 is 1.61 bits per heavy atom. The third-order valence-electron chi connectivity index (χ3n) is 2.65. The molecule has 0 unspecified atom stereocenters. The molecule has 2 N–H and O–H groups in total. The van der Waals surface area contributed by atoms with Crippen molar-refractivity contribution in [3.63, 3.8) is 0 Å². The van der Waals surface area contributed by atoms with Crippen molar-refractivity contribution in [2.24, 2.45) is 0 Å². The Hall–Kier alpha value is -4.29. The quantitative estimate of drug-likeness (QED) is 0.510. The van der Waals surface area contributed by atoms with E-state index in [1.807, 2.05) is 0 Å². The number of alkyl halides is 1. The number of methoxy groups -OCH3 is 2. The van der Waals surface area contributed by atoms with Crippen molar-refractivity contribution >= 4 is 18.4 Å². The molecule has 0 aliphatic heterocycles. The van der Waals surface area contributed by atoms with Gasteiger partial charge in [-0.1, -0.05) is 0 Å². The first-order chi connectivity index (χ1) is 15.9. The molecule has 3 rings (SSSR count). The van der Waals surface area contributed by atoms with Crippen LogP contribution in [0.15, 0.2) is 55.9 Å². The summed E-state index contributed by atoms with van der Waals surface area (Å²) in [6, 6.07) is 9.38. The van der Waals surface area contributed by atoms with E-state index in [9.17, 15) is 14.0 Å². The zero-order valence-corrected chi connectivity index (χ0v) is 17.6. The molecule has 3 heterocycles. The SMILES string of the molecule is CF.COc1ccc(C=O)o1.COc1ccc(CO)o1.F.O=C(O)c1ccco1.O=C=O.[2H]F. The van der Waals surface area contributed by atoms with Crippen molar-refractivity contribution in [3.8, 4) is 11.9 Å². The van der Waals surface area contributed by atoms with Crippen LogP contribution < -0.4 is 9.47 Å². The van der Waals surface area contributed by atoms with Gasteiger partial charge in [0.15, 0.2) is 12.0 Å². The van der Waals surface area contributed by atoms with E-state index < -0.39 is 5.97 Å². The highest BCUT2D eigenvalue weighted by Crippen LogP contribution is 2.14. The highest BCUT2D eigenvalue weighted by atomic mass is 19.1. The van der Waals surface area contributed by atoms with E-state index in [4.69, 9.17) is 38.1 Å². The van der Waals surface area contributed by atoms with Gasteiger partial charge in [-0.05, 0) is 24.3 Å². The average molecular weight is 485 g/mol. The van der Waals surface area contributed by atoms with Crippen molar-refractivity contribution in [2.45, 2.75) is 6.61 Å². The van der Waals surface area contributed by atoms with Crippen LogP contribution >= 0.6 is 0 Å². The highest BCUT2D eigenvalue weighted by Gasteiger charge is 2.01. The number of carboxylic acids is 1. The number of ether oxygens (including phenoxy) is 2. The predicted octanol–water partition coefficient (Wildman–Crippen LogP) is 3.17. The van der Waals surface area contributed by atoms with Crippen LogP contribution in [-0.4, -0.2) is 51.5 Å². The fraction of sp³-hybridized carbons (Fsp3) is 0.211. The Balaban J connectivity index is -0.000000173. The molecule has 33 heavy (non-hydrogen) atoms. The summed E-state index contributed by atoms with van der Waals surface area (Å²) in [5, 5.41) is 16.7. The molecule has 0 atom stereocenters. The van der Waals surface area contributed by atoms with Crippen LogP contribution in [0.3, 0.4) is 0 Å². The maximum absolute atomic E-state index is 9.99. The van der Waals surface area contributed by atoms with E-state index >= 15 is 0 Å². The minimum atomic E-state index is -1.03. The summed E-state index contributed by atoms with van der Waals surface area (Å²) in [6.45, 7) is -0.0800. The van der Waals surface area contributed by atoms with Crippen LogP contribution in [0.5, 0.6) is 11.9 Å². The summed E-state index contributed by atoms with van der Waals surface area (Å²) in [5.74, 6) is 0.537. The standard InChI is InChI=1S/C6H8O3.C6H6O3.C5H4O3.CH3F.CO2.2FH/c2*1-8-6-3-2-5(4-7)9-6;6-5(7)4-2-1-3-8-4;1-2;2-1-3;;/h2-3,7H,4H2,1H3;2-4H,1H3;1-3H,(H,6,7);1H3;;2*1H/i/hD. The maximum atomic E-state index is 9.99. The molecule has 0 aliphatic rings. The summed E-state index contributed by atoms with van der Waals surface area (Å²) in [4.78, 5) is 36.2. The first kappa shape index (κ1) is 33.4. The molecule has 0 amide bonds. The number of carboxylic acid groups (broad SMARTS) is 1. The van der Waals surface area contributed by atoms with Crippen LogP contribution in [0.25, 0.3) is 0 Å². The van der Waals surface area contributed by atoms with Gasteiger partial charge in [0.25, 0.3) is 13.3 Å². The van der Waals surface area contributed by atoms with Gasteiger partial charge in [0, 0.05) is 12.1 Å². The van der Waals surface area contributed by atoms with Crippen molar-refractivity contribution in [2.75, 3.05) is 21.4 Å². The van der Waals surface area contributed by atoms with Gasteiger partial charge in [0.2, 0.25) is 5.76 Å². The van der Waals surface area contributed by atoms with Gasteiger partial charge >= 0.3 is 12.1 Å². The summed E-state index contributed by atoms with van der Waals surface area (Å²) < 4.78 is 46.1. The molecule has 0 aromatic carbocycles. The van der Waals surface area contributed by atoms with Crippen LogP contribution in [0.2, 0.25) is 0 Å². The first-order valence-electron chi connectivity index (χ1n) is 8.29. The van der Waals surface area contributed by atoms with Crippen LogP contribution in [0, 0.1) is 0 Å². The number of aromatic carboxylic acids is 1. The lowest BCUT2D eigenvalue weighted by molar-refractivity contribution is -0.191. The van der Waals surface area contributed by atoms with E-state index in [0.717, 1.165) is 0 Å². The molecular formula is C19H23F3O11. The third kappa shape index (κ3) is 17.1. The van der Waals surface area contributed by atoms with Crippen molar-refractivity contribution in [3.05, 3.63) is 59.9 Å². The largest absolute Gasteiger partial charge is 0.475 e. The highest BCUT2D eigenvalue weighted by molar-refractivity contribution is 5.84. The Labute approximate surface area is 186 Å². The Morgan fingerprint density at radius 3 is 1.85 bits per heavy atom. The number of aliphatic hydroxyl groups excluding tert-OH is 1. The summed E-state index contributed by atoms with van der Waals surface area (Å²) in [6.07, 6.45) is 2.20. The molecule has 186 valence electrons. The summed E-state index contributed by atoms with van der Waals surface area (Å²) in [7, 11) is 3.49. The van der Waals surface area contributed by atoms with Gasteiger partial charge in [-0.15, -0.1) is 0 Å². The summed E-state index contributed by atoms with van der Waals surface area (Å²) in [5.41, 5.74) is 0. The predicted molar refractivity (Wildman–Crippen MR) is 105 cm³/mol. The number of carbonyl (C=O) groups is 2. The Bertz CT molecular complexity index is 855. The Kier molecular flexibility index (Phi) is 24.2. The van der Waals surface area contributed by atoms with Crippen LogP contribution in [0.1, 0.15) is 26.9 Å². The maximum Gasteiger partial charge on any atom is 0.373 e. The average Bonchev–Trinajstić information content (AvgIpc) is 3.64. The topological polar surface area (TPSA) is 167 Å². The zero-order chi connectivity index (χ0) is 26.1. The normalized spacial score (nSPS) is 7.88. The molecule has 0 saturated heterocycles. The first-order valence-corrected chi connectivity index (χ1v) is 7.92. The number of furan rings is 3. The van der Waals surface area contributed by atoms with Gasteiger partial charge in [0.1, 0.15) is 12.4 Å². The van der Waals surface area contributed by atoms with Crippen molar-refractivity contribution < 1.29 is 65.9 Å². The van der Waals surface area contributed by atoms with E-state index in [0.29, 0.717) is 31.1 Å². The lowest BCUT2D eigenvalue weighted by Crippen LogP contribution is -1.90. The van der Waals surface area contributed by atoms with E-state index in [1.165, 1.54) is 32.6 Å². The fourth-order valence-electron chi connectivity index (χ4n) is 1.46. The molecule has 3 aromatic rings. The molecule has 0 bridgehead atoms. The van der Waals surface area contributed by atoms with E-state index in [1.54, 1.807) is 24.3 Å². The van der Waals surface area contributed by atoms with E-state index in [2.05, 4.69) is 10.6 Å². The van der Waals surface area contributed by atoms with Gasteiger partial charge in [-0.3, -0.25) is 18.6 Å². The van der Waals surface area contributed by atoms with Crippen molar-refractivity contribution in [1.82, 2.24) is 0 Å². The molecule has 0 saturated carbocycles. The van der Waals surface area contributed by atoms with Crippen molar-refractivity contribution in [1.29, 1.82) is 1.45 Å². The molecule has 14 heteroatoms. The van der Waals surface area contributed by atoms with E-state index in [-0.39, 0.29) is 29.0 Å². The van der Waals surface area contributed by atoms with Gasteiger partial charge in [0.05, 0.1) is 27.7 Å². The zero-order valence-electron chi connectivity index (χ0n) is 18.6. The number of hydrogen-bond donors (Lipinski definition) is 2. The van der Waals surface area contributed by atoms with Gasteiger partial charge in [-0.25, -0.2) is 4.79 Å². The number of carbonyl (C=O) groups excluding carboxylic acids is 3. The van der Waals surface area contributed by atoms with Crippen LogP contribution in [-0.2, 0) is 16.2 Å². The summed E-state index contributed by atoms with van der Waals surface area (Å²) >= 11 is 0. The lowest BCUT2D eigenvalue weighted by atomic mass is 10.5. The van der Waals surface area contributed by atoms with Gasteiger partial charge in [-0.2, -0.15) is 9.59 Å². The number of aliphatic hydroxyl groups is 1.